The molecule has 0 saturated carbocycles. The molecule has 1 aromatic heterocycles. The van der Waals surface area contributed by atoms with E-state index < -0.39 is 10.0 Å². The Morgan fingerprint density at radius 3 is 2.47 bits per heavy atom. The zero-order valence-corrected chi connectivity index (χ0v) is 10.4. The average molecular weight is 266 g/mol. The summed E-state index contributed by atoms with van der Waals surface area (Å²) in [5, 5.41) is 5.13. The van der Waals surface area contributed by atoms with Crippen LogP contribution in [0.5, 0.6) is 0 Å². The van der Waals surface area contributed by atoms with Crippen LogP contribution in [-0.4, -0.2) is 13.4 Å². The van der Waals surface area contributed by atoms with Gasteiger partial charge in [0.15, 0.2) is 0 Å². The lowest BCUT2D eigenvalue weighted by atomic mass is 10.4. The third kappa shape index (κ3) is 3.06. The zero-order chi connectivity index (χ0) is 12.3. The van der Waals surface area contributed by atoms with Gasteiger partial charge in [-0.25, -0.2) is 13.6 Å². The second kappa shape index (κ2) is 4.87. The van der Waals surface area contributed by atoms with E-state index in [0.29, 0.717) is 4.90 Å². The van der Waals surface area contributed by atoms with Crippen LogP contribution in [0, 0.1) is 0 Å². The summed E-state index contributed by atoms with van der Waals surface area (Å²) in [4.78, 5) is 5.36. The molecule has 0 aliphatic heterocycles. The van der Waals surface area contributed by atoms with Crippen molar-refractivity contribution in [3.8, 4) is 0 Å². The van der Waals surface area contributed by atoms with E-state index in [4.69, 9.17) is 5.14 Å². The SMILES string of the molecule is NS(=O)(=O)c1cnccc1Sc1ccccc1. The molecular weight excluding hydrogens is 256 g/mol. The average Bonchev–Trinajstić information content (AvgIpc) is 2.30. The number of aromatic nitrogens is 1. The summed E-state index contributed by atoms with van der Waals surface area (Å²) in [5.74, 6) is 0. The summed E-state index contributed by atoms with van der Waals surface area (Å²) >= 11 is 1.34. The molecule has 0 atom stereocenters. The standard InChI is InChI=1S/C11H10N2O2S2/c12-17(14,15)11-8-13-7-6-10(11)16-9-4-2-1-3-5-9/h1-8H,(H2,12,14,15). The Kier molecular flexibility index (Phi) is 3.46. The Bertz CT molecular complexity index is 612. The van der Waals surface area contributed by atoms with Gasteiger partial charge in [0.05, 0.1) is 0 Å². The third-order valence-electron chi connectivity index (χ3n) is 2.02. The summed E-state index contributed by atoms with van der Waals surface area (Å²) in [7, 11) is -3.74. The number of nitrogens with two attached hydrogens (primary N) is 1. The van der Waals surface area contributed by atoms with E-state index in [9.17, 15) is 8.42 Å². The van der Waals surface area contributed by atoms with Gasteiger partial charge in [-0.3, -0.25) is 4.98 Å². The summed E-state index contributed by atoms with van der Waals surface area (Å²) in [6.07, 6.45) is 2.81. The summed E-state index contributed by atoms with van der Waals surface area (Å²) in [5.41, 5.74) is 0. The summed E-state index contributed by atoms with van der Waals surface area (Å²) in [6.45, 7) is 0. The van der Waals surface area contributed by atoms with E-state index in [2.05, 4.69) is 4.98 Å². The van der Waals surface area contributed by atoms with Crippen molar-refractivity contribution in [1.82, 2.24) is 4.98 Å². The van der Waals surface area contributed by atoms with E-state index in [0.717, 1.165) is 4.90 Å². The van der Waals surface area contributed by atoms with E-state index >= 15 is 0 Å². The van der Waals surface area contributed by atoms with Gasteiger partial charge in [0, 0.05) is 22.2 Å². The third-order valence-corrected chi connectivity index (χ3v) is 4.18. The Hall–Kier alpha value is -1.37. The molecule has 0 unspecified atom stereocenters. The molecule has 0 spiro atoms. The predicted molar refractivity (Wildman–Crippen MR) is 66.2 cm³/mol. The highest BCUT2D eigenvalue weighted by molar-refractivity contribution is 8.00. The van der Waals surface area contributed by atoms with Gasteiger partial charge in [-0.05, 0) is 18.2 Å². The second-order valence-electron chi connectivity index (χ2n) is 3.28. The molecule has 0 radical (unpaired) electrons. The van der Waals surface area contributed by atoms with E-state index in [1.807, 2.05) is 30.3 Å². The van der Waals surface area contributed by atoms with Crippen LogP contribution in [0.15, 0.2) is 63.5 Å². The van der Waals surface area contributed by atoms with Gasteiger partial charge >= 0.3 is 0 Å². The van der Waals surface area contributed by atoms with Gasteiger partial charge in [-0.15, -0.1) is 0 Å². The maximum absolute atomic E-state index is 11.4. The number of sulfonamides is 1. The van der Waals surface area contributed by atoms with Gasteiger partial charge in [0.2, 0.25) is 10.0 Å². The number of hydrogen-bond donors (Lipinski definition) is 1. The minimum Gasteiger partial charge on any atom is -0.263 e. The fourth-order valence-electron chi connectivity index (χ4n) is 1.28. The second-order valence-corrected chi connectivity index (χ2v) is 5.93. The van der Waals surface area contributed by atoms with Crippen LogP contribution in [0.4, 0.5) is 0 Å². The first kappa shape index (κ1) is 12.1. The highest BCUT2D eigenvalue weighted by Gasteiger charge is 2.14. The van der Waals surface area contributed by atoms with Crippen LogP contribution >= 0.6 is 11.8 Å². The number of rotatable bonds is 3. The molecule has 2 aromatic rings. The van der Waals surface area contributed by atoms with Crippen molar-refractivity contribution in [3.05, 3.63) is 48.8 Å². The van der Waals surface area contributed by atoms with Crippen molar-refractivity contribution >= 4 is 21.8 Å². The maximum atomic E-state index is 11.4. The van der Waals surface area contributed by atoms with Gasteiger partial charge in [0.25, 0.3) is 0 Å². The monoisotopic (exact) mass is 266 g/mol. The zero-order valence-electron chi connectivity index (χ0n) is 8.78. The van der Waals surface area contributed by atoms with Crippen molar-refractivity contribution in [2.45, 2.75) is 14.7 Å². The van der Waals surface area contributed by atoms with Crippen molar-refractivity contribution in [1.29, 1.82) is 0 Å². The smallest absolute Gasteiger partial charge is 0.240 e. The molecule has 0 bridgehead atoms. The molecular formula is C11H10N2O2S2. The maximum Gasteiger partial charge on any atom is 0.240 e. The highest BCUT2D eigenvalue weighted by atomic mass is 32.2. The van der Waals surface area contributed by atoms with E-state index in [1.165, 1.54) is 18.0 Å². The van der Waals surface area contributed by atoms with Crippen molar-refractivity contribution < 1.29 is 8.42 Å². The van der Waals surface area contributed by atoms with Crippen LogP contribution in [-0.2, 0) is 10.0 Å². The first-order valence-electron chi connectivity index (χ1n) is 4.77. The van der Waals surface area contributed by atoms with Crippen LogP contribution < -0.4 is 5.14 Å². The molecule has 1 heterocycles. The molecule has 0 fully saturated rings. The van der Waals surface area contributed by atoms with Crippen LogP contribution in [0.2, 0.25) is 0 Å². The normalized spacial score (nSPS) is 11.4. The Morgan fingerprint density at radius 2 is 1.82 bits per heavy atom. The Morgan fingerprint density at radius 1 is 1.12 bits per heavy atom. The van der Waals surface area contributed by atoms with Gasteiger partial charge in [0.1, 0.15) is 4.90 Å². The fourth-order valence-corrected chi connectivity index (χ4v) is 3.14. The lowest BCUT2D eigenvalue weighted by Crippen LogP contribution is -2.13. The largest absolute Gasteiger partial charge is 0.263 e. The molecule has 1 aromatic carbocycles. The molecule has 88 valence electrons. The number of hydrogen-bond acceptors (Lipinski definition) is 4. The number of pyridine rings is 1. The molecule has 0 amide bonds. The summed E-state index contributed by atoms with van der Waals surface area (Å²) in [6, 6.07) is 11.1. The van der Waals surface area contributed by atoms with Gasteiger partial charge in [-0.2, -0.15) is 0 Å². The molecule has 0 saturated heterocycles. The van der Waals surface area contributed by atoms with Crippen molar-refractivity contribution in [2.24, 2.45) is 5.14 Å². The topological polar surface area (TPSA) is 73.1 Å². The molecule has 2 rings (SSSR count). The minimum atomic E-state index is -3.74. The predicted octanol–water partition coefficient (Wildman–Crippen LogP) is 1.88. The highest BCUT2D eigenvalue weighted by Crippen LogP contribution is 2.31. The molecule has 0 aliphatic carbocycles. The molecule has 17 heavy (non-hydrogen) atoms. The van der Waals surface area contributed by atoms with Gasteiger partial charge < -0.3 is 0 Å². The number of benzene rings is 1. The van der Waals surface area contributed by atoms with Crippen LogP contribution in [0.25, 0.3) is 0 Å². The first-order valence-corrected chi connectivity index (χ1v) is 7.13. The molecule has 2 N–H and O–H groups in total. The molecule has 6 heteroatoms. The van der Waals surface area contributed by atoms with Crippen molar-refractivity contribution in [2.75, 3.05) is 0 Å². The number of nitrogens with zero attached hydrogens (tertiary/aromatic N) is 1. The Labute approximate surface area is 104 Å². The van der Waals surface area contributed by atoms with Gasteiger partial charge in [-0.1, -0.05) is 30.0 Å². The minimum absolute atomic E-state index is 0.0499. The lowest BCUT2D eigenvalue weighted by Gasteiger charge is -2.06. The van der Waals surface area contributed by atoms with E-state index in [1.54, 1.807) is 12.3 Å². The van der Waals surface area contributed by atoms with Crippen LogP contribution in [0.1, 0.15) is 0 Å². The molecule has 0 aliphatic rings. The Balaban J connectivity index is 2.41. The quantitative estimate of drug-likeness (QED) is 0.920. The lowest BCUT2D eigenvalue weighted by molar-refractivity contribution is 0.595. The first-order chi connectivity index (χ1) is 8.07. The fraction of sp³-hybridized carbons (Fsp3) is 0. The number of primary sulfonamides is 1. The molecule has 4 nitrogen and oxygen atoms in total. The van der Waals surface area contributed by atoms with Crippen molar-refractivity contribution in [3.63, 3.8) is 0 Å². The van der Waals surface area contributed by atoms with E-state index in [-0.39, 0.29) is 4.90 Å². The van der Waals surface area contributed by atoms with Crippen LogP contribution in [0.3, 0.4) is 0 Å². The summed E-state index contributed by atoms with van der Waals surface area (Å²) < 4.78 is 22.7.